The van der Waals surface area contributed by atoms with Crippen LogP contribution in [-0.4, -0.2) is 23.8 Å². The molecule has 0 aromatic heterocycles. The first kappa shape index (κ1) is 16.0. The van der Waals surface area contributed by atoms with Gasteiger partial charge in [0, 0.05) is 17.8 Å². The van der Waals surface area contributed by atoms with E-state index in [0.717, 1.165) is 18.2 Å². The summed E-state index contributed by atoms with van der Waals surface area (Å²) in [4.78, 5) is 33.9. The molecular formula is C15H13N3O5. The standard InChI is InChI=1S/C15H13N3O5/c1-23-11-5-2-9(3-6-11)17-15(20)13-8-10(18(21)22)4-7-12(13)14(16)19/h2-8H,1H3,(H2,16,19)(H,17,20). The minimum absolute atomic E-state index is 0.0957. The van der Waals surface area contributed by atoms with E-state index in [1.807, 2.05) is 0 Å². The SMILES string of the molecule is COc1ccc(NC(=O)c2cc([N+](=O)[O-])ccc2C(N)=O)cc1. The van der Waals surface area contributed by atoms with E-state index in [4.69, 9.17) is 10.5 Å². The molecule has 2 aromatic carbocycles. The first-order valence-corrected chi connectivity index (χ1v) is 6.46. The Morgan fingerprint density at radius 3 is 2.30 bits per heavy atom. The van der Waals surface area contributed by atoms with Crippen LogP contribution in [0.5, 0.6) is 5.75 Å². The molecule has 0 fully saturated rings. The summed E-state index contributed by atoms with van der Waals surface area (Å²) < 4.78 is 5.00. The molecule has 8 heteroatoms. The van der Waals surface area contributed by atoms with Crippen molar-refractivity contribution in [2.24, 2.45) is 5.73 Å². The number of hydrogen-bond donors (Lipinski definition) is 2. The van der Waals surface area contributed by atoms with E-state index < -0.39 is 16.7 Å². The molecule has 118 valence electrons. The fourth-order valence-electron chi connectivity index (χ4n) is 1.92. The fourth-order valence-corrected chi connectivity index (χ4v) is 1.92. The molecular weight excluding hydrogens is 302 g/mol. The van der Waals surface area contributed by atoms with Gasteiger partial charge in [0.05, 0.1) is 23.2 Å². The van der Waals surface area contributed by atoms with Crippen LogP contribution in [0.15, 0.2) is 42.5 Å². The van der Waals surface area contributed by atoms with Crippen molar-refractivity contribution >= 4 is 23.2 Å². The number of carbonyl (C=O) groups excluding carboxylic acids is 2. The Morgan fingerprint density at radius 2 is 1.78 bits per heavy atom. The zero-order chi connectivity index (χ0) is 17.0. The number of primary amides is 1. The van der Waals surface area contributed by atoms with Crippen molar-refractivity contribution in [3.8, 4) is 5.75 Å². The van der Waals surface area contributed by atoms with E-state index in [9.17, 15) is 19.7 Å². The van der Waals surface area contributed by atoms with E-state index in [1.54, 1.807) is 24.3 Å². The van der Waals surface area contributed by atoms with Crippen LogP contribution in [0.2, 0.25) is 0 Å². The number of nitro benzene ring substituents is 1. The van der Waals surface area contributed by atoms with E-state index >= 15 is 0 Å². The van der Waals surface area contributed by atoms with Crippen LogP contribution < -0.4 is 15.8 Å². The van der Waals surface area contributed by atoms with Crippen LogP contribution in [0.3, 0.4) is 0 Å². The summed E-state index contributed by atoms with van der Waals surface area (Å²) in [6.07, 6.45) is 0. The predicted octanol–water partition coefficient (Wildman–Crippen LogP) is 1.95. The molecule has 0 saturated heterocycles. The number of nitrogens with two attached hydrogens (primary N) is 1. The quantitative estimate of drug-likeness (QED) is 0.644. The highest BCUT2D eigenvalue weighted by Gasteiger charge is 2.19. The second kappa shape index (κ2) is 6.56. The summed E-state index contributed by atoms with van der Waals surface area (Å²) in [6, 6.07) is 9.75. The smallest absolute Gasteiger partial charge is 0.270 e. The Labute approximate surface area is 131 Å². The van der Waals surface area contributed by atoms with Crippen LogP contribution in [0.1, 0.15) is 20.7 Å². The van der Waals surface area contributed by atoms with Gasteiger partial charge in [-0.2, -0.15) is 0 Å². The van der Waals surface area contributed by atoms with Gasteiger partial charge < -0.3 is 15.8 Å². The van der Waals surface area contributed by atoms with Gasteiger partial charge in [0.15, 0.2) is 0 Å². The summed E-state index contributed by atoms with van der Waals surface area (Å²) in [6.45, 7) is 0. The number of nitrogens with zero attached hydrogens (tertiary/aromatic N) is 1. The van der Waals surface area contributed by atoms with Crippen molar-refractivity contribution < 1.29 is 19.2 Å². The van der Waals surface area contributed by atoms with Gasteiger partial charge in [-0.05, 0) is 30.3 Å². The van der Waals surface area contributed by atoms with Gasteiger partial charge in [-0.1, -0.05) is 0 Å². The molecule has 0 radical (unpaired) electrons. The minimum Gasteiger partial charge on any atom is -0.497 e. The third kappa shape index (κ3) is 3.62. The number of non-ortho nitro benzene ring substituents is 1. The van der Waals surface area contributed by atoms with Crippen molar-refractivity contribution in [2.45, 2.75) is 0 Å². The molecule has 8 nitrogen and oxygen atoms in total. The summed E-state index contributed by atoms with van der Waals surface area (Å²) in [5.41, 5.74) is 5.08. The lowest BCUT2D eigenvalue weighted by Crippen LogP contribution is -2.20. The minimum atomic E-state index is -0.847. The third-order valence-electron chi connectivity index (χ3n) is 3.07. The first-order chi connectivity index (χ1) is 10.9. The second-order valence-corrected chi connectivity index (χ2v) is 4.53. The van der Waals surface area contributed by atoms with Crippen molar-refractivity contribution in [3.63, 3.8) is 0 Å². The number of anilines is 1. The molecule has 2 rings (SSSR count). The Hall–Kier alpha value is -3.42. The average molecular weight is 315 g/mol. The molecule has 0 saturated carbocycles. The summed E-state index contributed by atoms with van der Waals surface area (Å²) in [5.74, 6) is -0.913. The Kier molecular flexibility index (Phi) is 4.55. The topological polar surface area (TPSA) is 125 Å². The number of methoxy groups -OCH3 is 1. The molecule has 0 aliphatic carbocycles. The number of nitro groups is 1. The van der Waals surface area contributed by atoms with Gasteiger partial charge in [-0.25, -0.2) is 0 Å². The number of rotatable bonds is 5. The van der Waals surface area contributed by atoms with Crippen LogP contribution in [0, 0.1) is 10.1 Å². The molecule has 3 N–H and O–H groups in total. The molecule has 23 heavy (non-hydrogen) atoms. The van der Waals surface area contributed by atoms with E-state index in [0.29, 0.717) is 11.4 Å². The van der Waals surface area contributed by atoms with Crippen LogP contribution in [0.4, 0.5) is 11.4 Å². The Bertz CT molecular complexity index is 771. The summed E-state index contributed by atoms with van der Waals surface area (Å²) >= 11 is 0. The lowest BCUT2D eigenvalue weighted by Gasteiger charge is -2.09. The maximum absolute atomic E-state index is 12.3. The molecule has 2 aromatic rings. The molecule has 0 heterocycles. The molecule has 0 spiro atoms. The summed E-state index contributed by atoms with van der Waals surface area (Å²) in [5, 5.41) is 13.4. The third-order valence-corrected chi connectivity index (χ3v) is 3.07. The van der Waals surface area contributed by atoms with E-state index in [1.165, 1.54) is 7.11 Å². The normalized spacial score (nSPS) is 9.96. The lowest BCUT2D eigenvalue weighted by molar-refractivity contribution is -0.384. The molecule has 0 unspecified atom stereocenters. The second-order valence-electron chi connectivity index (χ2n) is 4.53. The molecule has 2 amide bonds. The number of amides is 2. The van der Waals surface area contributed by atoms with Crippen molar-refractivity contribution in [1.29, 1.82) is 0 Å². The monoisotopic (exact) mass is 315 g/mol. The van der Waals surface area contributed by atoms with Gasteiger partial charge in [0.2, 0.25) is 5.91 Å². The largest absolute Gasteiger partial charge is 0.497 e. The van der Waals surface area contributed by atoms with Gasteiger partial charge >= 0.3 is 0 Å². The molecule has 0 bridgehead atoms. The van der Waals surface area contributed by atoms with Gasteiger partial charge in [-0.3, -0.25) is 19.7 Å². The van der Waals surface area contributed by atoms with Crippen LogP contribution >= 0.6 is 0 Å². The predicted molar refractivity (Wildman–Crippen MR) is 82.6 cm³/mol. The number of ether oxygens (including phenoxy) is 1. The number of carbonyl (C=O) groups is 2. The van der Waals surface area contributed by atoms with Gasteiger partial charge in [-0.15, -0.1) is 0 Å². The highest BCUT2D eigenvalue weighted by molar-refractivity contribution is 6.12. The van der Waals surface area contributed by atoms with Crippen LogP contribution in [-0.2, 0) is 0 Å². The Morgan fingerprint density at radius 1 is 1.13 bits per heavy atom. The van der Waals surface area contributed by atoms with E-state index in [-0.39, 0.29) is 16.8 Å². The molecule has 0 atom stereocenters. The van der Waals surface area contributed by atoms with Crippen molar-refractivity contribution in [3.05, 3.63) is 63.7 Å². The fraction of sp³-hybridized carbons (Fsp3) is 0.0667. The number of hydrogen-bond acceptors (Lipinski definition) is 5. The van der Waals surface area contributed by atoms with Crippen molar-refractivity contribution in [1.82, 2.24) is 0 Å². The Balaban J connectivity index is 2.34. The van der Waals surface area contributed by atoms with Crippen molar-refractivity contribution in [2.75, 3.05) is 12.4 Å². The molecule has 0 aliphatic rings. The highest BCUT2D eigenvalue weighted by Crippen LogP contribution is 2.20. The molecule has 0 aliphatic heterocycles. The zero-order valence-electron chi connectivity index (χ0n) is 12.1. The summed E-state index contributed by atoms with van der Waals surface area (Å²) in [7, 11) is 1.51. The first-order valence-electron chi connectivity index (χ1n) is 6.46. The zero-order valence-corrected chi connectivity index (χ0v) is 12.1. The van der Waals surface area contributed by atoms with Gasteiger partial charge in [0.1, 0.15) is 5.75 Å². The number of benzene rings is 2. The maximum atomic E-state index is 12.3. The lowest BCUT2D eigenvalue weighted by atomic mass is 10.0. The van der Waals surface area contributed by atoms with Gasteiger partial charge in [0.25, 0.3) is 11.6 Å². The van der Waals surface area contributed by atoms with E-state index in [2.05, 4.69) is 5.32 Å². The average Bonchev–Trinajstić information content (AvgIpc) is 2.54. The highest BCUT2D eigenvalue weighted by atomic mass is 16.6. The number of nitrogens with one attached hydrogen (secondary N) is 1. The van der Waals surface area contributed by atoms with Crippen LogP contribution in [0.25, 0.3) is 0 Å². The maximum Gasteiger partial charge on any atom is 0.270 e.